The third-order valence-corrected chi connectivity index (χ3v) is 7.51. The predicted octanol–water partition coefficient (Wildman–Crippen LogP) is 3.08. The van der Waals surface area contributed by atoms with E-state index in [9.17, 15) is 23.3 Å². The van der Waals surface area contributed by atoms with Crippen LogP contribution in [-0.4, -0.2) is 61.7 Å². The van der Waals surface area contributed by atoms with Crippen LogP contribution in [0, 0.1) is 10.1 Å². The number of piperazine rings is 1. The molecule has 0 unspecified atom stereocenters. The number of hydrogen-bond acceptors (Lipinski definition) is 6. The van der Waals surface area contributed by atoms with Crippen LogP contribution >= 0.6 is 0 Å². The first-order chi connectivity index (χ1) is 14.9. The van der Waals surface area contributed by atoms with Crippen LogP contribution in [0.3, 0.4) is 0 Å². The van der Waals surface area contributed by atoms with E-state index in [1.165, 1.54) is 27.4 Å². The smallest absolute Gasteiger partial charge is 0.270 e. The van der Waals surface area contributed by atoms with Gasteiger partial charge in [-0.15, -0.1) is 0 Å². The van der Waals surface area contributed by atoms with E-state index in [4.69, 9.17) is 0 Å². The topological polar surface area (TPSA) is 113 Å². The van der Waals surface area contributed by atoms with Gasteiger partial charge in [0.1, 0.15) is 0 Å². The number of non-ortho nitro benzene ring substituents is 1. The van der Waals surface area contributed by atoms with Crippen molar-refractivity contribution in [2.24, 2.45) is 0 Å². The van der Waals surface area contributed by atoms with Crippen LogP contribution < -0.4 is 5.32 Å². The molecule has 0 radical (unpaired) electrons. The zero-order chi connectivity index (χ0) is 23.7. The highest BCUT2D eigenvalue weighted by atomic mass is 32.2. The van der Waals surface area contributed by atoms with Crippen molar-refractivity contribution in [1.82, 2.24) is 9.21 Å². The van der Waals surface area contributed by atoms with Gasteiger partial charge in [-0.2, -0.15) is 4.31 Å². The number of carbonyl (C=O) groups excluding carboxylic acids is 1. The molecular weight excluding hydrogens is 432 g/mol. The Hall–Kier alpha value is -2.98. The Labute approximate surface area is 188 Å². The minimum Gasteiger partial charge on any atom is -0.387 e. The Kier molecular flexibility index (Phi) is 6.56. The quantitative estimate of drug-likeness (QED) is 0.542. The van der Waals surface area contributed by atoms with Crippen LogP contribution in [0.1, 0.15) is 36.7 Å². The van der Waals surface area contributed by atoms with Crippen molar-refractivity contribution < 1.29 is 18.1 Å². The lowest BCUT2D eigenvalue weighted by atomic mass is 9.87. The number of carbonyl (C=O) groups is 1. The number of amides is 1. The molecule has 1 N–H and O–H groups in total. The lowest BCUT2D eigenvalue weighted by Gasteiger charge is -2.34. The number of nitrogens with zero attached hydrogens (tertiary/aromatic N) is 3. The second kappa shape index (κ2) is 8.87. The first-order valence-electron chi connectivity index (χ1n) is 10.3. The van der Waals surface area contributed by atoms with E-state index in [1.807, 2.05) is 12.1 Å². The van der Waals surface area contributed by atoms with Crippen molar-refractivity contribution in [3.05, 3.63) is 63.7 Å². The van der Waals surface area contributed by atoms with E-state index in [0.717, 1.165) is 5.56 Å². The molecule has 32 heavy (non-hydrogen) atoms. The zero-order valence-electron chi connectivity index (χ0n) is 18.7. The summed E-state index contributed by atoms with van der Waals surface area (Å²) >= 11 is 0. The number of sulfonamides is 1. The van der Waals surface area contributed by atoms with Crippen LogP contribution in [0.25, 0.3) is 0 Å². The van der Waals surface area contributed by atoms with Crippen molar-refractivity contribution in [1.29, 1.82) is 0 Å². The van der Waals surface area contributed by atoms with Crippen molar-refractivity contribution in [2.75, 3.05) is 38.5 Å². The van der Waals surface area contributed by atoms with Crippen LogP contribution in [0.4, 0.5) is 11.4 Å². The normalized spacial score (nSPS) is 15.4. The number of rotatable bonds is 5. The van der Waals surface area contributed by atoms with Crippen LogP contribution in [0.15, 0.2) is 47.4 Å². The van der Waals surface area contributed by atoms with Gasteiger partial charge in [0, 0.05) is 51.0 Å². The lowest BCUT2D eigenvalue weighted by molar-refractivity contribution is -0.384. The summed E-state index contributed by atoms with van der Waals surface area (Å²) in [5.74, 6) is -0.371. The van der Waals surface area contributed by atoms with E-state index in [1.54, 1.807) is 19.2 Å². The molecule has 0 bridgehead atoms. The third-order valence-electron chi connectivity index (χ3n) is 5.60. The molecule has 1 fully saturated rings. The SMILES string of the molecule is CNc1ccc([N+](=O)[O-])cc1C(=O)N1CCN(S(=O)(=O)c2ccc(C(C)(C)C)cc2)CC1. The fourth-order valence-corrected chi connectivity index (χ4v) is 5.04. The molecule has 1 aliphatic rings. The van der Waals surface area contributed by atoms with Crippen molar-refractivity contribution >= 4 is 27.3 Å². The van der Waals surface area contributed by atoms with Crippen LogP contribution in [0.5, 0.6) is 0 Å². The lowest BCUT2D eigenvalue weighted by Crippen LogP contribution is -2.50. The fourth-order valence-electron chi connectivity index (χ4n) is 3.62. The molecule has 0 aromatic heterocycles. The number of nitrogens with one attached hydrogen (secondary N) is 1. The Morgan fingerprint density at radius 2 is 1.62 bits per heavy atom. The maximum Gasteiger partial charge on any atom is 0.270 e. The second-order valence-corrected chi connectivity index (χ2v) is 10.6. The second-order valence-electron chi connectivity index (χ2n) is 8.71. The molecule has 0 aliphatic carbocycles. The molecule has 9 nitrogen and oxygen atoms in total. The summed E-state index contributed by atoms with van der Waals surface area (Å²) < 4.78 is 27.5. The summed E-state index contributed by atoms with van der Waals surface area (Å²) in [7, 11) is -2.04. The Bertz CT molecular complexity index is 1120. The minimum absolute atomic E-state index is 0.0764. The molecule has 1 saturated heterocycles. The molecule has 0 spiro atoms. The summed E-state index contributed by atoms with van der Waals surface area (Å²) in [5, 5.41) is 14.0. The molecule has 172 valence electrons. The van der Waals surface area contributed by atoms with E-state index in [-0.39, 0.29) is 53.6 Å². The molecule has 3 rings (SSSR count). The zero-order valence-corrected chi connectivity index (χ0v) is 19.5. The van der Waals surface area contributed by atoms with Crippen LogP contribution in [-0.2, 0) is 15.4 Å². The van der Waals surface area contributed by atoms with Gasteiger partial charge in [-0.05, 0) is 29.2 Å². The molecule has 10 heteroatoms. The highest BCUT2D eigenvalue weighted by molar-refractivity contribution is 7.89. The monoisotopic (exact) mass is 460 g/mol. The van der Waals surface area contributed by atoms with E-state index in [0.29, 0.717) is 5.69 Å². The maximum absolute atomic E-state index is 13.1. The Morgan fingerprint density at radius 1 is 1.03 bits per heavy atom. The minimum atomic E-state index is -3.68. The molecule has 1 aliphatic heterocycles. The van der Waals surface area contributed by atoms with Crippen molar-refractivity contribution in [2.45, 2.75) is 31.1 Å². The summed E-state index contributed by atoms with van der Waals surface area (Å²) in [4.78, 5) is 25.3. The molecule has 2 aromatic carbocycles. The van der Waals surface area contributed by atoms with Gasteiger partial charge in [-0.3, -0.25) is 14.9 Å². The molecule has 0 atom stereocenters. The number of nitro groups is 1. The number of anilines is 1. The third kappa shape index (κ3) is 4.76. The molecule has 0 saturated carbocycles. The number of hydrogen-bond donors (Lipinski definition) is 1. The summed E-state index contributed by atoms with van der Waals surface area (Å²) in [5.41, 5.74) is 1.47. The van der Waals surface area contributed by atoms with Gasteiger partial charge in [0.05, 0.1) is 15.4 Å². The van der Waals surface area contributed by atoms with Gasteiger partial charge < -0.3 is 10.2 Å². The molecular formula is C22H28N4O5S. The van der Waals surface area contributed by atoms with Gasteiger partial charge in [-0.25, -0.2) is 8.42 Å². The Balaban J connectivity index is 1.74. The van der Waals surface area contributed by atoms with Gasteiger partial charge in [0.2, 0.25) is 10.0 Å². The largest absolute Gasteiger partial charge is 0.387 e. The van der Waals surface area contributed by atoms with Gasteiger partial charge in [0.25, 0.3) is 11.6 Å². The average Bonchev–Trinajstić information content (AvgIpc) is 2.77. The number of benzene rings is 2. The summed E-state index contributed by atoms with van der Waals surface area (Å²) in [6.45, 7) is 6.89. The highest BCUT2D eigenvalue weighted by Gasteiger charge is 2.31. The summed E-state index contributed by atoms with van der Waals surface area (Å²) in [6.07, 6.45) is 0. The van der Waals surface area contributed by atoms with Gasteiger partial charge >= 0.3 is 0 Å². The first kappa shape index (κ1) is 23.7. The molecule has 2 aromatic rings. The average molecular weight is 461 g/mol. The number of nitro benzene ring substituents is 1. The summed E-state index contributed by atoms with van der Waals surface area (Å²) in [6, 6.07) is 11.0. The molecule has 1 amide bonds. The fraction of sp³-hybridized carbons (Fsp3) is 0.409. The van der Waals surface area contributed by atoms with Gasteiger partial charge in [-0.1, -0.05) is 32.9 Å². The van der Waals surface area contributed by atoms with Crippen LogP contribution in [0.2, 0.25) is 0 Å². The van der Waals surface area contributed by atoms with Gasteiger partial charge in [0.15, 0.2) is 0 Å². The standard InChI is InChI=1S/C22H28N4O5S/c1-22(2,3)16-5-8-18(9-6-16)32(30,31)25-13-11-24(12-14-25)21(27)19-15-17(26(28)29)7-10-20(19)23-4/h5-10,15,23H,11-14H2,1-4H3. The predicted molar refractivity (Wildman–Crippen MR) is 122 cm³/mol. The molecule has 1 heterocycles. The highest BCUT2D eigenvalue weighted by Crippen LogP contribution is 2.27. The Morgan fingerprint density at radius 3 is 2.12 bits per heavy atom. The maximum atomic E-state index is 13.1. The van der Waals surface area contributed by atoms with E-state index in [2.05, 4.69) is 26.1 Å². The first-order valence-corrected chi connectivity index (χ1v) is 11.8. The van der Waals surface area contributed by atoms with Crippen molar-refractivity contribution in [3.8, 4) is 0 Å². The van der Waals surface area contributed by atoms with E-state index < -0.39 is 14.9 Å². The van der Waals surface area contributed by atoms with E-state index >= 15 is 0 Å². The van der Waals surface area contributed by atoms with Crippen molar-refractivity contribution in [3.63, 3.8) is 0 Å².